The van der Waals surface area contributed by atoms with Crippen molar-refractivity contribution in [2.75, 3.05) is 6.54 Å². The third kappa shape index (κ3) is 2.67. The van der Waals surface area contributed by atoms with Crippen LogP contribution < -0.4 is 0 Å². The number of hydrogen-bond acceptors (Lipinski definition) is 5. The first-order valence-corrected chi connectivity index (χ1v) is 7.26. The van der Waals surface area contributed by atoms with Gasteiger partial charge in [-0.05, 0) is 18.2 Å². The summed E-state index contributed by atoms with van der Waals surface area (Å²) in [7, 11) is 0. The van der Waals surface area contributed by atoms with Crippen molar-refractivity contribution in [2.24, 2.45) is 5.16 Å². The van der Waals surface area contributed by atoms with Crippen LogP contribution in [-0.4, -0.2) is 39.2 Å². The van der Waals surface area contributed by atoms with Crippen LogP contribution in [0, 0.1) is 0 Å². The van der Waals surface area contributed by atoms with Gasteiger partial charge in [-0.15, -0.1) is 0 Å². The molecule has 2 heterocycles. The molecule has 6 nitrogen and oxygen atoms in total. The number of amides is 2. The number of pyridine rings is 1. The van der Waals surface area contributed by atoms with Crippen LogP contribution >= 0.6 is 23.2 Å². The van der Waals surface area contributed by atoms with Gasteiger partial charge < -0.3 is 5.21 Å². The van der Waals surface area contributed by atoms with Gasteiger partial charge in [0, 0.05) is 6.20 Å². The molecule has 0 radical (unpaired) electrons. The molecule has 1 aromatic carbocycles. The number of halogens is 2. The normalized spacial score (nSPS) is 14.3. The zero-order valence-electron chi connectivity index (χ0n) is 11.5. The standard InChI is InChI=1S/C15H9Cl2N3O3/c16-8-5-11(17)13(18-6-8)12(19-23)7-20-14(21)9-3-1-2-4-10(9)15(20)22/h1-6,23H,7H2/b19-12+. The lowest BCUT2D eigenvalue weighted by Gasteiger charge is -2.14. The van der Waals surface area contributed by atoms with E-state index in [4.69, 9.17) is 23.2 Å². The molecule has 0 atom stereocenters. The Balaban J connectivity index is 1.92. The molecule has 0 unspecified atom stereocenters. The largest absolute Gasteiger partial charge is 0.411 e. The molecule has 3 rings (SSSR count). The van der Waals surface area contributed by atoms with E-state index in [1.165, 1.54) is 12.3 Å². The van der Waals surface area contributed by atoms with E-state index < -0.39 is 11.8 Å². The zero-order chi connectivity index (χ0) is 16.6. The summed E-state index contributed by atoms with van der Waals surface area (Å²) in [6.45, 7) is -0.253. The van der Waals surface area contributed by atoms with Crippen molar-refractivity contribution < 1.29 is 14.8 Å². The van der Waals surface area contributed by atoms with Gasteiger partial charge >= 0.3 is 0 Å². The summed E-state index contributed by atoms with van der Waals surface area (Å²) >= 11 is 11.8. The second kappa shape index (κ2) is 5.98. The second-order valence-corrected chi connectivity index (χ2v) is 5.62. The monoisotopic (exact) mass is 349 g/mol. The molecule has 116 valence electrons. The van der Waals surface area contributed by atoms with Crippen molar-refractivity contribution in [3.63, 3.8) is 0 Å². The number of rotatable bonds is 3. The summed E-state index contributed by atoms with van der Waals surface area (Å²) in [4.78, 5) is 29.6. The van der Waals surface area contributed by atoms with E-state index in [1.807, 2.05) is 0 Å². The number of nitrogens with zero attached hydrogens (tertiary/aromatic N) is 3. The van der Waals surface area contributed by atoms with E-state index >= 15 is 0 Å². The molecule has 0 saturated heterocycles. The minimum atomic E-state index is -0.461. The van der Waals surface area contributed by atoms with Crippen molar-refractivity contribution in [3.8, 4) is 0 Å². The van der Waals surface area contributed by atoms with E-state index in [0.717, 1.165) is 4.90 Å². The highest BCUT2D eigenvalue weighted by Gasteiger charge is 2.36. The summed E-state index contributed by atoms with van der Waals surface area (Å²) in [5.41, 5.74) is 0.756. The summed E-state index contributed by atoms with van der Waals surface area (Å²) in [5, 5.41) is 12.8. The highest BCUT2D eigenvalue weighted by Crippen LogP contribution is 2.24. The Kier molecular flexibility index (Phi) is 4.02. The van der Waals surface area contributed by atoms with Crippen molar-refractivity contribution in [1.82, 2.24) is 9.88 Å². The Bertz CT molecular complexity index is 817. The number of aromatic nitrogens is 1. The first kappa shape index (κ1) is 15.5. The number of imide groups is 1. The molecule has 0 bridgehead atoms. The van der Waals surface area contributed by atoms with Gasteiger partial charge in [0.1, 0.15) is 11.4 Å². The van der Waals surface area contributed by atoms with Crippen LogP contribution in [0.2, 0.25) is 10.0 Å². The van der Waals surface area contributed by atoms with Crippen molar-refractivity contribution in [3.05, 3.63) is 63.4 Å². The van der Waals surface area contributed by atoms with Gasteiger partial charge in [0.15, 0.2) is 0 Å². The number of carbonyl (C=O) groups is 2. The van der Waals surface area contributed by atoms with Gasteiger partial charge in [0.2, 0.25) is 0 Å². The molecule has 1 aromatic heterocycles. The fourth-order valence-electron chi connectivity index (χ4n) is 2.31. The van der Waals surface area contributed by atoms with Crippen molar-refractivity contribution in [2.45, 2.75) is 0 Å². The molecule has 1 N–H and O–H groups in total. The van der Waals surface area contributed by atoms with Crippen molar-refractivity contribution in [1.29, 1.82) is 0 Å². The third-order valence-corrected chi connectivity index (χ3v) is 3.88. The van der Waals surface area contributed by atoms with Crippen LogP contribution in [0.5, 0.6) is 0 Å². The Morgan fingerprint density at radius 1 is 1.17 bits per heavy atom. The predicted octanol–water partition coefficient (Wildman–Crippen LogP) is 2.86. The van der Waals surface area contributed by atoms with Gasteiger partial charge in [-0.1, -0.05) is 40.5 Å². The van der Waals surface area contributed by atoms with Crippen LogP contribution in [0.3, 0.4) is 0 Å². The predicted molar refractivity (Wildman–Crippen MR) is 84.4 cm³/mol. The maximum absolute atomic E-state index is 12.3. The van der Waals surface area contributed by atoms with Gasteiger partial charge in [0.25, 0.3) is 11.8 Å². The summed E-state index contributed by atoms with van der Waals surface area (Å²) in [6, 6.07) is 7.91. The molecule has 8 heteroatoms. The number of oxime groups is 1. The average Bonchev–Trinajstić information content (AvgIpc) is 2.78. The lowest BCUT2D eigenvalue weighted by atomic mass is 10.1. The number of benzene rings is 1. The lowest BCUT2D eigenvalue weighted by molar-refractivity contribution is 0.0677. The van der Waals surface area contributed by atoms with Gasteiger partial charge in [-0.2, -0.15) is 0 Å². The Labute approximate surface area is 140 Å². The highest BCUT2D eigenvalue weighted by atomic mass is 35.5. The quantitative estimate of drug-likeness (QED) is 0.399. The fourth-order valence-corrected chi connectivity index (χ4v) is 2.80. The highest BCUT2D eigenvalue weighted by molar-refractivity contribution is 6.36. The summed E-state index contributed by atoms with van der Waals surface area (Å²) < 4.78 is 0. The molecule has 0 aliphatic carbocycles. The molecule has 2 amide bonds. The van der Waals surface area contributed by atoms with Crippen LogP contribution in [0.4, 0.5) is 0 Å². The average molecular weight is 350 g/mol. The van der Waals surface area contributed by atoms with Crippen LogP contribution in [0.15, 0.2) is 41.7 Å². The molecule has 2 aromatic rings. The van der Waals surface area contributed by atoms with Crippen LogP contribution in [0.25, 0.3) is 0 Å². The van der Waals surface area contributed by atoms with Gasteiger partial charge in [-0.3, -0.25) is 19.5 Å². The first-order valence-electron chi connectivity index (χ1n) is 6.50. The Morgan fingerprint density at radius 2 is 1.78 bits per heavy atom. The van der Waals surface area contributed by atoms with E-state index in [0.29, 0.717) is 16.1 Å². The van der Waals surface area contributed by atoms with Gasteiger partial charge in [-0.25, -0.2) is 0 Å². The van der Waals surface area contributed by atoms with E-state index in [-0.39, 0.29) is 23.0 Å². The van der Waals surface area contributed by atoms with Crippen molar-refractivity contribution >= 4 is 40.7 Å². The number of fused-ring (bicyclic) bond motifs is 1. The molecule has 0 spiro atoms. The fraction of sp³-hybridized carbons (Fsp3) is 0.0667. The molecule has 23 heavy (non-hydrogen) atoms. The van der Waals surface area contributed by atoms with E-state index in [1.54, 1.807) is 24.3 Å². The van der Waals surface area contributed by atoms with E-state index in [9.17, 15) is 14.8 Å². The second-order valence-electron chi connectivity index (χ2n) is 4.77. The Hall–Kier alpha value is -2.44. The van der Waals surface area contributed by atoms with Crippen LogP contribution in [0.1, 0.15) is 26.4 Å². The van der Waals surface area contributed by atoms with Gasteiger partial charge in [0.05, 0.1) is 27.7 Å². The first-order chi connectivity index (χ1) is 11.0. The molecular weight excluding hydrogens is 341 g/mol. The zero-order valence-corrected chi connectivity index (χ0v) is 13.0. The summed E-state index contributed by atoms with van der Waals surface area (Å²) in [5.74, 6) is -0.923. The minimum Gasteiger partial charge on any atom is -0.411 e. The number of hydrogen-bond donors (Lipinski definition) is 1. The number of carbonyl (C=O) groups excluding carboxylic acids is 2. The third-order valence-electron chi connectivity index (χ3n) is 3.39. The molecular formula is C15H9Cl2N3O3. The minimum absolute atomic E-state index is 0.0128. The van der Waals surface area contributed by atoms with Crippen LogP contribution in [-0.2, 0) is 0 Å². The topological polar surface area (TPSA) is 82.9 Å². The molecule has 1 aliphatic rings. The van der Waals surface area contributed by atoms with E-state index in [2.05, 4.69) is 10.1 Å². The summed E-state index contributed by atoms with van der Waals surface area (Å²) in [6.07, 6.45) is 1.33. The lowest BCUT2D eigenvalue weighted by Crippen LogP contribution is -2.35. The maximum atomic E-state index is 12.3. The molecule has 1 aliphatic heterocycles. The molecule has 0 saturated carbocycles. The molecule has 0 fully saturated rings. The SMILES string of the molecule is O=C1c2ccccc2C(=O)N1C/C(=N\O)c1ncc(Cl)cc1Cl. The smallest absolute Gasteiger partial charge is 0.261 e. The maximum Gasteiger partial charge on any atom is 0.261 e. The Morgan fingerprint density at radius 3 is 2.30 bits per heavy atom.